The molecule has 0 amide bonds. The SMILES string of the molecule is C[C@@H]1C=C[C@H](C)[C@H]2C(=O)C3C(C(=O)[C@]12C)[C@@H]1C[C@@H]3C[C@@H]1O. The minimum Gasteiger partial charge on any atom is -0.393 e. The Kier molecular flexibility index (Phi) is 2.65. The van der Waals surface area contributed by atoms with Crippen LogP contribution in [0.3, 0.4) is 0 Å². The highest BCUT2D eigenvalue weighted by atomic mass is 16.3. The van der Waals surface area contributed by atoms with Crippen molar-refractivity contribution >= 4 is 11.6 Å². The molecule has 1 N–H and O–H groups in total. The zero-order valence-electron chi connectivity index (χ0n) is 13.0. The van der Waals surface area contributed by atoms with E-state index in [9.17, 15) is 14.7 Å². The largest absolute Gasteiger partial charge is 0.393 e. The number of aliphatic hydroxyl groups is 1. The fraction of sp³-hybridized carbons (Fsp3) is 0.778. The molecule has 0 aliphatic heterocycles. The predicted octanol–water partition coefficient (Wildman–Crippen LogP) is 2.24. The van der Waals surface area contributed by atoms with E-state index in [1.54, 1.807) is 0 Å². The second-order valence-corrected chi connectivity index (χ2v) is 8.07. The number of carbonyl (C=O) groups excluding carboxylic acids is 2. The summed E-state index contributed by atoms with van der Waals surface area (Å²) in [5.74, 6) is 0.603. The van der Waals surface area contributed by atoms with Crippen LogP contribution in [0.2, 0.25) is 0 Å². The van der Waals surface area contributed by atoms with Crippen LogP contribution in [0.5, 0.6) is 0 Å². The smallest absolute Gasteiger partial charge is 0.144 e. The molecule has 9 atom stereocenters. The van der Waals surface area contributed by atoms with Crippen molar-refractivity contribution < 1.29 is 14.7 Å². The lowest BCUT2D eigenvalue weighted by Crippen LogP contribution is -2.61. The molecule has 21 heavy (non-hydrogen) atoms. The summed E-state index contributed by atoms with van der Waals surface area (Å²) in [7, 11) is 0. The summed E-state index contributed by atoms with van der Waals surface area (Å²) in [6.07, 6.45) is 5.43. The molecule has 4 aliphatic carbocycles. The quantitative estimate of drug-likeness (QED) is 0.696. The molecular weight excluding hydrogens is 264 g/mol. The third-order valence-electron chi connectivity index (χ3n) is 7.26. The number of ketones is 2. The first-order chi connectivity index (χ1) is 9.87. The number of carbonyl (C=O) groups is 2. The molecule has 114 valence electrons. The van der Waals surface area contributed by atoms with E-state index in [1.807, 2.05) is 6.92 Å². The second kappa shape index (κ2) is 4.07. The van der Waals surface area contributed by atoms with Crippen LogP contribution >= 0.6 is 0 Å². The molecule has 3 fully saturated rings. The van der Waals surface area contributed by atoms with E-state index >= 15 is 0 Å². The zero-order valence-corrected chi connectivity index (χ0v) is 13.0. The first-order valence-electron chi connectivity index (χ1n) is 8.31. The Hall–Kier alpha value is -0.960. The fourth-order valence-electron chi connectivity index (χ4n) is 6.07. The lowest BCUT2D eigenvalue weighted by atomic mass is 9.48. The molecule has 2 unspecified atom stereocenters. The number of allylic oxidation sites excluding steroid dienone is 2. The van der Waals surface area contributed by atoms with Crippen molar-refractivity contribution in [1.82, 2.24) is 0 Å². The molecular formula is C18H24O3. The fourth-order valence-corrected chi connectivity index (χ4v) is 6.07. The van der Waals surface area contributed by atoms with Gasteiger partial charge in [-0.15, -0.1) is 0 Å². The summed E-state index contributed by atoms with van der Waals surface area (Å²) < 4.78 is 0. The molecule has 3 nitrogen and oxygen atoms in total. The molecule has 4 rings (SSSR count). The number of hydrogen-bond donors (Lipinski definition) is 1. The van der Waals surface area contributed by atoms with Crippen LogP contribution < -0.4 is 0 Å². The van der Waals surface area contributed by atoms with Crippen LogP contribution in [0.25, 0.3) is 0 Å². The van der Waals surface area contributed by atoms with Gasteiger partial charge in [0.05, 0.1) is 6.10 Å². The van der Waals surface area contributed by atoms with Crippen LogP contribution in [-0.4, -0.2) is 22.8 Å². The average Bonchev–Trinajstić information content (AvgIpc) is 2.97. The maximum atomic E-state index is 13.3. The van der Waals surface area contributed by atoms with Crippen molar-refractivity contribution in [3.8, 4) is 0 Å². The molecule has 0 heterocycles. The van der Waals surface area contributed by atoms with Gasteiger partial charge in [0.2, 0.25) is 0 Å². The Morgan fingerprint density at radius 2 is 1.86 bits per heavy atom. The zero-order chi connectivity index (χ0) is 15.1. The number of fused-ring (bicyclic) bond motifs is 6. The molecule has 0 aromatic rings. The van der Waals surface area contributed by atoms with Crippen molar-refractivity contribution in [2.75, 3.05) is 0 Å². The summed E-state index contributed by atoms with van der Waals surface area (Å²) in [6, 6.07) is 0. The van der Waals surface area contributed by atoms with Gasteiger partial charge in [-0.2, -0.15) is 0 Å². The number of rotatable bonds is 0. The maximum absolute atomic E-state index is 13.3. The van der Waals surface area contributed by atoms with E-state index in [2.05, 4.69) is 26.0 Å². The van der Waals surface area contributed by atoms with Crippen molar-refractivity contribution in [2.24, 2.45) is 46.8 Å². The summed E-state index contributed by atoms with van der Waals surface area (Å²) in [5.41, 5.74) is -0.573. The molecule has 4 aliphatic rings. The summed E-state index contributed by atoms with van der Waals surface area (Å²) in [5, 5.41) is 10.2. The van der Waals surface area contributed by atoms with Gasteiger partial charge in [0, 0.05) is 23.2 Å². The Labute approximate surface area is 125 Å². The highest BCUT2D eigenvalue weighted by molar-refractivity contribution is 6.03. The topological polar surface area (TPSA) is 54.4 Å². The van der Waals surface area contributed by atoms with Crippen molar-refractivity contribution in [2.45, 2.75) is 39.7 Å². The Balaban J connectivity index is 1.84. The first kappa shape index (κ1) is 13.7. The number of hydrogen-bond acceptors (Lipinski definition) is 3. The van der Waals surface area contributed by atoms with Gasteiger partial charge >= 0.3 is 0 Å². The van der Waals surface area contributed by atoms with Crippen LogP contribution in [0.15, 0.2) is 12.2 Å². The van der Waals surface area contributed by atoms with E-state index in [1.165, 1.54) is 0 Å². The summed E-state index contributed by atoms with van der Waals surface area (Å²) in [4.78, 5) is 26.5. The van der Waals surface area contributed by atoms with E-state index in [0.29, 0.717) is 12.2 Å². The normalized spacial score (nSPS) is 58.3. The predicted molar refractivity (Wildman–Crippen MR) is 78.3 cm³/mol. The van der Waals surface area contributed by atoms with Gasteiger partial charge < -0.3 is 5.11 Å². The van der Waals surface area contributed by atoms with Gasteiger partial charge in [-0.25, -0.2) is 0 Å². The van der Waals surface area contributed by atoms with E-state index in [-0.39, 0.29) is 53.3 Å². The van der Waals surface area contributed by atoms with Crippen molar-refractivity contribution in [3.05, 3.63) is 12.2 Å². The van der Waals surface area contributed by atoms with Gasteiger partial charge in [0.15, 0.2) is 0 Å². The van der Waals surface area contributed by atoms with Gasteiger partial charge in [-0.1, -0.05) is 32.9 Å². The van der Waals surface area contributed by atoms with Crippen LogP contribution in [0, 0.1) is 46.8 Å². The van der Waals surface area contributed by atoms with E-state index in [0.717, 1.165) is 6.42 Å². The minimum atomic E-state index is -0.573. The number of Topliss-reactive ketones (excluding diaryl/α,β-unsaturated/α-hetero) is 2. The van der Waals surface area contributed by atoms with Crippen LogP contribution in [-0.2, 0) is 9.59 Å². The summed E-state index contributed by atoms with van der Waals surface area (Å²) in [6.45, 7) is 6.13. The average molecular weight is 288 g/mol. The molecule has 0 spiro atoms. The lowest BCUT2D eigenvalue weighted by molar-refractivity contribution is -0.164. The molecule has 0 saturated heterocycles. The van der Waals surface area contributed by atoms with Gasteiger partial charge in [-0.3, -0.25) is 9.59 Å². The highest BCUT2D eigenvalue weighted by Gasteiger charge is 2.67. The van der Waals surface area contributed by atoms with Gasteiger partial charge in [0.1, 0.15) is 11.6 Å². The lowest BCUT2D eigenvalue weighted by Gasteiger charge is -2.53. The van der Waals surface area contributed by atoms with Crippen LogP contribution in [0.4, 0.5) is 0 Å². The van der Waals surface area contributed by atoms with Gasteiger partial charge in [-0.05, 0) is 36.5 Å². The Bertz CT molecular complexity index is 551. The second-order valence-electron chi connectivity index (χ2n) is 8.07. The molecule has 0 aromatic heterocycles. The summed E-state index contributed by atoms with van der Waals surface area (Å²) >= 11 is 0. The third kappa shape index (κ3) is 1.44. The molecule has 0 radical (unpaired) electrons. The standard InChI is InChI=1S/C18H24O3/c1-8-4-5-9(2)18(3)15(8)16(20)13-10-6-11(12(19)7-10)14(13)17(18)21/h4-5,8-15,19H,6-7H2,1-3H3/t8-,9+,10+,11+,12-,13?,14?,15-,18+/m0/s1. The Morgan fingerprint density at radius 3 is 2.57 bits per heavy atom. The van der Waals surface area contributed by atoms with Crippen molar-refractivity contribution in [3.63, 3.8) is 0 Å². The van der Waals surface area contributed by atoms with Crippen molar-refractivity contribution in [1.29, 1.82) is 0 Å². The molecule has 2 bridgehead atoms. The molecule has 0 aromatic carbocycles. The minimum absolute atomic E-state index is 0.0302. The maximum Gasteiger partial charge on any atom is 0.144 e. The van der Waals surface area contributed by atoms with Gasteiger partial charge in [0.25, 0.3) is 0 Å². The van der Waals surface area contributed by atoms with E-state index < -0.39 is 5.41 Å². The highest BCUT2D eigenvalue weighted by Crippen LogP contribution is 2.62. The Morgan fingerprint density at radius 1 is 1.14 bits per heavy atom. The monoisotopic (exact) mass is 288 g/mol. The molecule has 3 heteroatoms. The first-order valence-corrected chi connectivity index (χ1v) is 8.31. The molecule has 3 saturated carbocycles. The van der Waals surface area contributed by atoms with E-state index in [4.69, 9.17) is 0 Å². The number of aliphatic hydroxyl groups excluding tert-OH is 1. The third-order valence-corrected chi connectivity index (χ3v) is 7.26. The van der Waals surface area contributed by atoms with Crippen LogP contribution in [0.1, 0.15) is 33.6 Å².